The van der Waals surface area contributed by atoms with Crippen molar-refractivity contribution in [2.45, 2.75) is 6.92 Å². The molecule has 1 amide bonds. The summed E-state index contributed by atoms with van der Waals surface area (Å²) in [5.74, 6) is -0.0955. The van der Waals surface area contributed by atoms with Gasteiger partial charge >= 0.3 is 0 Å². The van der Waals surface area contributed by atoms with Crippen LogP contribution in [0.5, 0.6) is 11.5 Å². The molecule has 1 aliphatic heterocycles. The van der Waals surface area contributed by atoms with Crippen LogP contribution in [0.25, 0.3) is 0 Å². The Morgan fingerprint density at radius 1 is 1.36 bits per heavy atom. The number of nitrogens with one attached hydrogen (secondary N) is 1. The molecule has 1 heterocycles. The number of ether oxygens (including phenoxy) is 1. The van der Waals surface area contributed by atoms with Crippen molar-refractivity contribution >= 4 is 39.0 Å². The minimum absolute atomic E-state index is 0.0288. The van der Waals surface area contributed by atoms with Gasteiger partial charge in [0.05, 0.1) is 11.3 Å². The number of hydrogen-bond acceptors (Lipinski definition) is 4. The lowest BCUT2D eigenvalue weighted by Gasteiger charge is -2.14. The molecule has 0 saturated carbocycles. The number of para-hydroxylation sites is 1. The first-order valence-electron chi connectivity index (χ1n) is 6.37. The van der Waals surface area contributed by atoms with Gasteiger partial charge in [0.25, 0.3) is 0 Å². The molecule has 2 aromatic rings. The summed E-state index contributed by atoms with van der Waals surface area (Å²) in [6, 6.07) is 7.77. The van der Waals surface area contributed by atoms with Gasteiger partial charge in [-0.25, -0.2) is 9.38 Å². The molecular weight excluding hydrogens is 353 g/mol. The number of fused-ring (bicyclic) bond motifs is 2. The molecule has 0 atom stereocenters. The van der Waals surface area contributed by atoms with Crippen LogP contribution in [0.4, 0.5) is 15.8 Å². The smallest absolute Gasteiger partial charge is 0.221 e. The van der Waals surface area contributed by atoms with Crippen LogP contribution in [0.1, 0.15) is 12.5 Å². The first-order chi connectivity index (χ1) is 10.5. The van der Waals surface area contributed by atoms with Crippen molar-refractivity contribution in [3.05, 3.63) is 46.2 Å². The van der Waals surface area contributed by atoms with Crippen LogP contribution in [-0.4, -0.2) is 11.7 Å². The van der Waals surface area contributed by atoms with Gasteiger partial charge in [0.1, 0.15) is 17.3 Å². The van der Waals surface area contributed by atoms with Crippen LogP contribution in [0.2, 0.25) is 0 Å². The zero-order chi connectivity index (χ0) is 15.9. The van der Waals surface area contributed by atoms with Crippen molar-refractivity contribution in [2.75, 3.05) is 5.32 Å². The number of nitrogens with zero attached hydrogens (tertiary/aromatic N) is 1. The van der Waals surface area contributed by atoms with Crippen molar-refractivity contribution in [3.8, 4) is 11.5 Å². The molecule has 0 spiro atoms. The molecule has 0 fully saturated rings. The third-order valence-corrected chi connectivity index (χ3v) is 3.49. The van der Waals surface area contributed by atoms with Gasteiger partial charge in [-0.2, -0.15) is 0 Å². The molecule has 3 N–H and O–H groups in total. The molecule has 1 aliphatic rings. The van der Waals surface area contributed by atoms with Crippen molar-refractivity contribution in [1.82, 2.24) is 0 Å². The maximum Gasteiger partial charge on any atom is 0.221 e. The maximum atomic E-state index is 13.9. The van der Waals surface area contributed by atoms with Gasteiger partial charge in [-0.1, -0.05) is 22.0 Å². The zero-order valence-corrected chi connectivity index (χ0v) is 13.1. The quantitative estimate of drug-likeness (QED) is 0.810. The number of carbonyl (C=O) groups excluding carboxylic acids is 1. The molecule has 0 saturated heterocycles. The first-order valence-corrected chi connectivity index (χ1v) is 7.17. The third kappa shape index (κ3) is 2.55. The summed E-state index contributed by atoms with van der Waals surface area (Å²) in [5.41, 5.74) is 6.87. The lowest BCUT2D eigenvalue weighted by atomic mass is 10.1. The Kier molecular flexibility index (Phi) is 3.58. The Morgan fingerprint density at radius 2 is 2.14 bits per heavy atom. The molecule has 0 aliphatic carbocycles. The zero-order valence-electron chi connectivity index (χ0n) is 11.5. The van der Waals surface area contributed by atoms with E-state index in [9.17, 15) is 9.18 Å². The second-order valence-corrected chi connectivity index (χ2v) is 5.61. The normalized spacial score (nSPS) is 12.4. The fourth-order valence-electron chi connectivity index (χ4n) is 2.20. The topological polar surface area (TPSA) is 76.7 Å². The highest BCUT2D eigenvalue weighted by atomic mass is 79.9. The van der Waals surface area contributed by atoms with Crippen molar-refractivity contribution in [3.63, 3.8) is 0 Å². The van der Waals surface area contributed by atoms with Gasteiger partial charge in [-0.15, -0.1) is 0 Å². The second-order valence-electron chi connectivity index (χ2n) is 4.69. The van der Waals surface area contributed by atoms with E-state index in [1.807, 2.05) is 0 Å². The minimum atomic E-state index is -0.534. The molecule has 0 bridgehead atoms. The van der Waals surface area contributed by atoms with E-state index in [4.69, 9.17) is 10.5 Å². The Bertz CT molecular complexity index is 821. The molecule has 0 radical (unpaired) electrons. The van der Waals surface area contributed by atoms with E-state index in [2.05, 4.69) is 26.2 Å². The van der Waals surface area contributed by atoms with Crippen molar-refractivity contribution in [2.24, 2.45) is 10.7 Å². The molecule has 112 valence electrons. The van der Waals surface area contributed by atoms with E-state index in [0.29, 0.717) is 21.5 Å². The van der Waals surface area contributed by atoms with Crippen LogP contribution in [0.3, 0.4) is 0 Å². The largest absolute Gasteiger partial charge is 0.454 e. The molecule has 2 aromatic carbocycles. The Hall–Kier alpha value is -2.41. The number of aliphatic imine (C=N–C) groups is 1. The summed E-state index contributed by atoms with van der Waals surface area (Å²) >= 11 is 3.34. The average molecular weight is 364 g/mol. The summed E-state index contributed by atoms with van der Waals surface area (Å²) in [5, 5.41) is 2.67. The number of amidine groups is 1. The number of carbonyl (C=O) groups is 1. The second kappa shape index (κ2) is 5.42. The number of benzene rings is 2. The third-order valence-electron chi connectivity index (χ3n) is 3.04. The lowest BCUT2D eigenvalue weighted by Crippen LogP contribution is -2.18. The van der Waals surface area contributed by atoms with Crippen LogP contribution >= 0.6 is 15.9 Å². The summed E-state index contributed by atoms with van der Waals surface area (Å²) in [7, 11) is 0. The molecule has 0 unspecified atom stereocenters. The van der Waals surface area contributed by atoms with Gasteiger partial charge < -0.3 is 15.8 Å². The summed E-state index contributed by atoms with van der Waals surface area (Å²) in [4.78, 5) is 15.5. The highest BCUT2D eigenvalue weighted by Gasteiger charge is 2.22. The van der Waals surface area contributed by atoms with E-state index in [1.54, 1.807) is 18.2 Å². The number of anilines is 1. The van der Waals surface area contributed by atoms with Gasteiger partial charge in [-0.3, -0.25) is 4.79 Å². The maximum absolute atomic E-state index is 13.9. The van der Waals surface area contributed by atoms with Crippen LogP contribution in [0, 0.1) is 5.82 Å². The summed E-state index contributed by atoms with van der Waals surface area (Å²) < 4.78 is 20.3. The number of nitrogens with two attached hydrogens (primary N) is 1. The first kappa shape index (κ1) is 14.5. The average Bonchev–Trinajstić information content (AvgIpc) is 2.55. The van der Waals surface area contributed by atoms with Crippen LogP contribution < -0.4 is 15.8 Å². The fraction of sp³-hybridized carbons (Fsp3) is 0.0667. The Morgan fingerprint density at radius 3 is 2.86 bits per heavy atom. The molecular formula is C15H11BrFN3O2. The van der Waals surface area contributed by atoms with Crippen molar-refractivity contribution < 1.29 is 13.9 Å². The minimum Gasteiger partial charge on any atom is -0.454 e. The van der Waals surface area contributed by atoms with E-state index in [1.165, 1.54) is 19.1 Å². The fourth-order valence-corrected chi connectivity index (χ4v) is 2.63. The number of halogens is 2. The number of hydrogen-bond donors (Lipinski definition) is 2. The summed E-state index contributed by atoms with van der Waals surface area (Å²) in [6.07, 6.45) is 0. The highest BCUT2D eigenvalue weighted by molar-refractivity contribution is 9.10. The van der Waals surface area contributed by atoms with Gasteiger partial charge in [0.15, 0.2) is 11.6 Å². The van der Waals surface area contributed by atoms with E-state index >= 15 is 0 Å². The van der Waals surface area contributed by atoms with Gasteiger partial charge in [0, 0.05) is 11.4 Å². The Balaban J connectivity index is 2.25. The van der Waals surface area contributed by atoms with E-state index in [-0.39, 0.29) is 23.2 Å². The molecule has 7 heteroatoms. The van der Waals surface area contributed by atoms with Crippen molar-refractivity contribution in [1.29, 1.82) is 0 Å². The van der Waals surface area contributed by atoms with Crippen LogP contribution in [0.15, 0.2) is 39.8 Å². The lowest BCUT2D eigenvalue weighted by molar-refractivity contribution is -0.114. The highest BCUT2D eigenvalue weighted by Crippen LogP contribution is 2.41. The van der Waals surface area contributed by atoms with E-state index < -0.39 is 5.82 Å². The predicted molar refractivity (Wildman–Crippen MR) is 85.3 cm³/mol. The molecule has 5 nitrogen and oxygen atoms in total. The predicted octanol–water partition coefficient (Wildman–Crippen LogP) is 3.69. The van der Waals surface area contributed by atoms with Gasteiger partial charge in [-0.05, 0) is 24.3 Å². The SMILES string of the molecule is CC(=O)Nc1cc(Br)cc2c1C(N)=Nc1c(F)cccc1O2. The molecule has 22 heavy (non-hydrogen) atoms. The van der Waals surface area contributed by atoms with Crippen LogP contribution in [-0.2, 0) is 4.79 Å². The number of amides is 1. The molecule has 0 aromatic heterocycles. The monoisotopic (exact) mass is 363 g/mol. The standard InChI is InChI=1S/C15H11BrFN3O2/c1-7(21)19-10-5-8(16)6-12-13(10)15(18)20-14-9(17)3-2-4-11(14)22-12/h2-6H,1H3,(H2,18,20)(H,19,21). The number of rotatable bonds is 1. The molecule has 3 rings (SSSR count). The summed E-state index contributed by atoms with van der Waals surface area (Å²) in [6.45, 7) is 1.38. The Labute approximate surface area is 134 Å². The van der Waals surface area contributed by atoms with E-state index in [0.717, 1.165) is 0 Å². The van der Waals surface area contributed by atoms with Gasteiger partial charge in [0.2, 0.25) is 5.91 Å².